The number of rotatable bonds is 15. The largest absolute Gasteiger partial charge is 0.481 e. The normalized spacial score (nSPS) is 12.7. The number of aromatic nitrogens is 1. The second-order valence-corrected chi connectivity index (χ2v) is 13.8. The van der Waals surface area contributed by atoms with Crippen molar-refractivity contribution in [1.82, 2.24) is 9.88 Å². The van der Waals surface area contributed by atoms with Crippen LogP contribution in [0.5, 0.6) is 11.5 Å². The molecular weight excluding hydrogens is 612 g/mol. The molecule has 0 saturated carbocycles. The molecule has 0 aliphatic rings. The molecule has 44 heavy (non-hydrogen) atoms. The number of amides is 1. The average Bonchev–Trinajstić information content (AvgIpc) is 3.00. The maximum absolute atomic E-state index is 12.9. The number of thioether (sulfide) groups is 2. The van der Waals surface area contributed by atoms with Gasteiger partial charge >= 0.3 is 5.97 Å². The zero-order valence-electron chi connectivity index (χ0n) is 25.1. The Hall–Kier alpha value is -3.46. The van der Waals surface area contributed by atoms with Gasteiger partial charge in [0.15, 0.2) is 0 Å². The summed E-state index contributed by atoms with van der Waals surface area (Å²) in [7, 11) is 0. The molecule has 0 radical (unpaired) electrons. The molecule has 1 N–H and O–H groups in total. The van der Waals surface area contributed by atoms with Crippen LogP contribution in [0.15, 0.2) is 78.9 Å². The van der Waals surface area contributed by atoms with E-state index in [0.717, 1.165) is 27.7 Å². The van der Waals surface area contributed by atoms with Crippen LogP contribution in [0.25, 0.3) is 23.1 Å². The predicted octanol–water partition coefficient (Wildman–Crippen LogP) is 8.92. The number of carbonyl (C=O) groups is 2. The van der Waals surface area contributed by atoms with E-state index in [9.17, 15) is 9.59 Å². The van der Waals surface area contributed by atoms with E-state index < -0.39 is 5.97 Å². The van der Waals surface area contributed by atoms with E-state index in [0.29, 0.717) is 41.8 Å². The zero-order chi connectivity index (χ0) is 31.5. The van der Waals surface area contributed by atoms with Crippen LogP contribution in [0.1, 0.15) is 44.0 Å². The summed E-state index contributed by atoms with van der Waals surface area (Å²) in [6, 6.07) is 25.5. The van der Waals surface area contributed by atoms with Crippen LogP contribution in [0, 0.1) is 0 Å². The summed E-state index contributed by atoms with van der Waals surface area (Å²) in [5.41, 5.74) is 3.72. The van der Waals surface area contributed by atoms with E-state index in [1.807, 2.05) is 117 Å². The minimum absolute atomic E-state index is 0.0207. The molecule has 6 nitrogen and oxygen atoms in total. The van der Waals surface area contributed by atoms with Crippen molar-refractivity contribution in [3.05, 3.63) is 101 Å². The fourth-order valence-corrected chi connectivity index (χ4v) is 7.77. The maximum Gasteiger partial charge on any atom is 0.304 e. The SMILES string of the molecule is CCN(CC)C(=O)C(C)SC(Cc1cccc(Oc2cccc(C=Cc3ccc4ccc(Cl)cc4n3)c2)c1)SCCC(=O)O. The Balaban J connectivity index is 1.44. The number of carboxylic acids is 1. The van der Waals surface area contributed by atoms with Crippen molar-refractivity contribution in [3.8, 4) is 11.5 Å². The minimum atomic E-state index is -0.820. The summed E-state index contributed by atoms with van der Waals surface area (Å²) in [4.78, 5) is 30.6. The first-order chi connectivity index (χ1) is 21.2. The standard InChI is InChI=1S/C35H37ClN2O4S2/c1-4-38(5-2)35(41)24(3)44-34(43-19-18-33(39)40)22-26-9-7-11-31(21-26)42-30-10-6-8-25(20-30)12-16-29-17-14-27-13-15-28(36)23-32(27)37-29/h6-17,20-21,23-24,34H,4-5,18-19,22H2,1-3H3,(H,39,40). The van der Waals surface area contributed by atoms with Crippen molar-refractivity contribution in [2.75, 3.05) is 18.8 Å². The number of benzene rings is 3. The van der Waals surface area contributed by atoms with Crippen molar-refractivity contribution in [3.63, 3.8) is 0 Å². The molecule has 0 aliphatic carbocycles. The first-order valence-corrected chi connectivity index (χ1v) is 17.0. The summed E-state index contributed by atoms with van der Waals surface area (Å²) in [5.74, 6) is 1.19. The number of hydrogen-bond acceptors (Lipinski definition) is 6. The van der Waals surface area contributed by atoms with Crippen molar-refractivity contribution < 1.29 is 19.4 Å². The third-order valence-electron chi connectivity index (χ3n) is 6.92. The summed E-state index contributed by atoms with van der Waals surface area (Å²) in [6.45, 7) is 7.23. The number of fused-ring (bicyclic) bond motifs is 1. The van der Waals surface area contributed by atoms with Crippen molar-refractivity contribution in [2.45, 2.75) is 43.4 Å². The second-order valence-electron chi connectivity index (χ2n) is 10.2. The van der Waals surface area contributed by atoms with Gasteiger partial charge in [-0.25, -0.2) is 4.98 Å². The molecule has 0 spiro atoms. The minimum Gasteiger partial charge on any atom is -0.481 e. The third kappa shape index (κ3) is 10.0. The number of aliphatic carboxylic acids is 1. The molecule has 1 amide bonds. The molecule has 230 valence electrons. The van der Waals surface area contributed by atoms with Gasteiger partial charge in [-0.1, -0.05) is 54.1 Å². The lowest BCUT2D eigenvalue weighted by molar-refractivity contribution is -0.136. The Bertz CT molecular complexity index is 1610. The molecule has 2 atom stereocenters. The van der Waals surface area contributed by atoms with Crippen LogP contribution >= 0.6 is 35.1 Å². The smallest absolute Gasteiger partial charge is 0.304 e. The Kier molecular flexibility index (Phi) is 12.6. The molecule has 0 fully saturated rings. The van der Waals surface area contributed by atoms with E-state index in [1.54, 1.807) is 23.5 Å². The number of ether oxygens (including phenoxy) is 1. The van der Waals surface area contributed by atoms with Gasteiger partial charge in [0.1, 0.15) is 11.5 Å². The molecular formula is C35H37ClN2O4S2. The van der Waals surface area contributed by atoms with Gasteiger partial charge in [0.2, 0.25) is 5.91 Å². The van der Waals surface area contributed by atoms with Gasteiger partial charge in [-0.05, 0) is 86.9 Å². The number of halogens is 1. The molecule has 1 aromatic heterocycles. The van der Waals surface area contributed by atoms with E-state index in [1.165, 1.54) is 0 Å². The van der Waals surface area contributed by atoms with Crippen molar-refractivity contribution in [2.24, 2.45) is 0 Å². The lowest BCUT2D eigenvalue weighted by Gasteiger charge is -2.25. The Labute approximate surface area is 272 Å². The number of pyridine rings is 1. The van der Waals surface area contributed by atoms with Crippen LogP contribution in [0.2, 0.25) is 5.02 Å². The van der Waals surface area contributed by atoms with E-state index in [-0.39, 0.29) is 22.2 Å². The molecule has 4 aromatic rings. The lowest BCUT2D eigenvalue weighted by Crippen LogP contribution is -2.37. The second kappa shape index (κ2) is 16.6. The van der Waals surface area contributed by atoms with Crippen molar-refractivity contribution >= 4 is 70.1 Å². The zero-order valence-corrected chi connectivity index (χ0v) is 27.5. The van der Waals surface area contributed by atoms with Gasteiger partial charge in [-0.2, -0.15) is 0 Å². The highest BCUT2D eigenvalue weighted by Gasteiger charge is 2.24. The van der Waals surface area contributed by atoms with E-state index >= 15 is 0 Å². The number of carboxylic acid groups (broad SMARTS) is 1. The number of nitrogens with zero attached hydrogens (tertiary/aromatic N) is 2. The third-order valence-corrected chi connectivity index (χ3v) is 9.95. The molecule has 9 heteroatoms. The summed E-state index contributed by atoms with van der Waals surface area (Å²) in [5, 5.41) is 10.6. The molecule has 0 aliphatic heterocycles. The van der Waals surface area contributed by atoms with Gasteiger partial charge in [0, 0.05) is 29.3 Å². The van der Waals surface area contributed by atoms with Crippen LogP contribution < -0.4 is 4.74 Å². The van der Waals surface area contributed by atoms with Crippen molar-refractivity contribution in [1.29, 1.82) is 0 Å². The molecule has 1 heterocycles. The first-order valence-electron chi connectivity index (χ1n) is 14.6. The summed E-state index contributed by atoms with van der Waals surface area (Å²) in [6.07, 6.45) is 4.72. The molecule has 0 bridgehead atoms. The highest BCUT2D eigenvalue weighted by atomic mass is 35.5. The van der Waals surface area contributed by atoms with Gasteiger partial charge < -0.3 is 14.7 Å². The number of carbonyl (C=O) groups excluding carboxylic acids is 1. The summed E-state index contributed by atoms with van der Waals surface area (Å²) >= 11 is 9.32. The first kappa shape index (κ1) is 33.4. The average molecular weight is 649 g/mol. The van der Waals surface area contributed by atoms with E-state index in [4.69, 9.17) is 26.4 Å². The lowest BCUT2D eigenvalue weighted by atomic mass is 10.1. The van der Waals surface area contributed by atoms with Crippen LogP contribution in [0.3, 0.4) is 0 Å². The predicted molar refractivity (Wildman–Crippen MR) is 186 cm³/mol. The van der Waals surface area contributed by atoms with Crippen LogP contribution in [0.4, 0.5) is 0 Å². The van der Waals surface area contributed by atoms with Gasteiger partial charge in [-0.3, -0.25) is 9.59 Å². The highest BCUT2D eigenvalue weighted by molar-refractivity contribution is 8.17. The topological polar surface area (TPSA) is 79.7 Å². The molecule has 4 rings (SSSR count). The van der Waals surface area contributed by atoms with Gasteiger partial charge in [-0.15, -0.1) is 23.5 Å². The molecule has 0 saturated heterocycles. The van der Waals surface area contributed by atoms with E-state index in [2.05, 4.69) is 0 Å². The monoisotopic (exact) mass is 648 g/mol. The van der Waals surface area contributed by atoms with Gasteiger partial charge in [0.25, 0.3) is 0 Å². The number of hydrogen-bond donors (Lipinski definition) is 1. The Morgan fingerprint density at radius 2 is 1.70 bits per heavy atom. The maximum atomic E-state index is 12.9. The Morgan fingerprint density at radius 1 is 0.977 bits per heavy atom. The Morgan fingerprint density at radius 3 is 2.45 bits per heavy atom. The summed E-state index contributed by atoms with van der Waals surface area (Å²) < 4.78 is 6.26. The fourth-order valence-electron chi connectivity index (χ4n) is 4.63. The van der Waals surface area contributed by atoms with Gasteiger partial charge in [0.05, 0.1) is 27.5 Å². The van der Waals surface area contributed by atoms with Crippen LogP contribution in [-0.2, 0) is 16.0 Å². The molecule has 3 aromatic carbocycles. The molecule has 2 unspecified atom stereocenters. The highest BCUT2D eigenvalue weighted by Crippen LogP contribution is 2.33. The quantitative estimate of drug-likeness (QED) is 0.129. The van der Waals surface area contributed by atoms with Crippen LogP contribution in [-0.4, -0.2) is 55.5 Å². The fraction of sp³-hybridized carbons (Fsp3) is 0.286.